The fourth-order valence-electron chi connectivity index (χ4n) is 0.275. The van der Waals surface area contributed by atoms with E-state index in [-0.39, 0.29) is 0 Å². The van der Waals surface area contributed by atoms with Crippen molar-refractivity contribution in [3.05, 3.63) is 12.2 Å². The highest BCUT2D eigenvalue weighted by Crippen LogP contribution is 1.95. The molecule has 0 amide bonds. The average Bonchev–Trinajstić information content (AvgIpc) is 1.83. The molecule has 0 N–H and O–H groups in total. The Labute approximate surface area is 48.4 Å². The van der Waals surface area contributed by atoms with Gasteiger partial charge in [-0.25, -0.2) is 0 Å². The largest absolute Gasteiger partial charge is 0.298 e. The fraction of sp³-hybridized carbons (Fsp3) is 0.333. The topological polar surface area (TPSA) is 40.9 Å². The maximum Gasteiger partial charge on any atom is 0.145 e. The van der Waals surface area contributed by atoms with Gasteiger partial charge in [-0.1, -0.05) is 6.58 Å². The first-order valence-corrected chi connectivity index (χ1v) is 2.31. The summed E-state index contributed by atoms with van der Waals surface area (Å²) in [6, 6.07) is 1.91. The molecule has 0 atom stereocenters. The third kappa shape index (κ3) is 3.10. The van der Waals surface area contributed by atoms with Gasteiger partial charge in [-0.05, 0) is 12.0 Å². The van der Waals surface area contributed by atoms with Crippen molar-refractivity contribution in [2.75, 3.05) is 0 Å². The van der Waals surface area contributed by atoms with E-state index in [1.165, 1.54) is 0 Å². The number of hydrogen-bond acceptors (Lipinski definition) is 2. The summed E-state index contributed by atoms with van der Waals surface area (Å²) in [4.78, 5) is 9.80. The standard InChI is InChI=1S/C6H7NO/c1-6(5-8)3-2-4-7/h5H,1-3H2. The van der Waals surface area contributed by atoms with Gasteiger partial charge in [0.05, 0.1) is 6.07 Å². The summed E-state index contributed by atoms with van der Waals surface area (Å²) in [6.45, 7) is 3.39. The molecule has 0 aromatic heterocycles. The van der Waals surface area contributed by atoms with E-state index in [0.29, 0.717) is 24.7 Å². The van der Waals surface area contributed by atoms with Crippen LogP contribution in [-0.4, -0.2) is 6.29 Å². The van der Waals surface area contributed by atoms with E-state index in [9.17, 15) is 4.79 Å². The van der Waals surface area contributed by atoms with Crippen LogP contribution in [0.4, 0.5) is 0 Å². The molecule has 0 saturated carbocycles. The molecule has 0 aliphatic heterocycles. The van der Waals surface area contributed by atoms with Crippen LogP contribution in [0.1, 0.15) is 12.8 Å². The van der Waals surface area contributed by atoms with Gasteiger partial charge >= 0.3 is 0 Å². The zero-order valence-corrected chi connectivity index (χ0v) is 4.55. The van der Waals surface area contributed by atoms with Crippen LogP contribution in [0.15, 0.2) is 12.2 Å². The van der Waals surface area contributed by atoms with Crippen molar-refractivity contribution in [3.63, 3.8) is 0 Å². The Bertz CT molecular complexity index is 132. The Kier molecular flexibility index (Phi) is 3.51. The lowest BCUT2D eigenvalue weighted by Gasteiger charge is -1.84. The van der Waals surface area contributed by atoms with Crippen molar-refractivity contribution in [1.82, 2.24) is 0 Å². The number of carbonyl (C=O) groups is 1. The van der Waals surface area contributed by atoms with Crippen LogP contribution in [0.25, 0.3) is 0 Å². The van der Waals surface area contributed by atoms with Gasteiger partial charge in [0, 0.05) is 6.42 Å². The van der Waals surface area contributed by atoms with Crippen molar-refractivity contribution in [2.24, 2.45) is 0 Å². The second-order valence-corrected chi connectivity index (χ2v) is 1.43. The summed E-state index contributed by atoms with van der Waals surface area (Å²) in [5.74, 6) is 0. The van der Waals surface area contributed by atoms with Gasteiger partial charge in [0.2, 0.25) is 0 Å². The second-order valence-electron chi connectivity index (χ2n) is 1.43. The fourth-order valence-corrected chi connectivity index (χ4v) is 0.275. The van der Waals surface area contributed by atoms with Crippen molar-refractivity contribution in [3.8, 4) is 6.07 Å². The van der Waals surface area contributed by atoms with Crippen LogP contribution in [-0.2, 0) is 4.79 Å². The molecule has 2 nitrogen and oxygen atoms in total. The molecule has 42 valence electrons. The maximum absolute atomic E-state index is 9.80. The van der Waals surface area contributed by atoms with Gasteiger partial charge in [-0.3, -0.25) is 4.79 Å². The van der Waals surface area contributed by atoms with Gasteiger partial charge < -0.3 is 0 Å². The molecule has 2 heteroatoms. The molecule has 0 radical (unpaired) electrons. The van der Waals surface area contributed by atoms with Gasteiger partial charge in [0.1, 0.15) is 6.29 Å². The normalized spacial score (nSPS) is 7.38. The Morgan fingerprint density at radius 3 is 2.88 bits per heavy atom. The SMILES string of the molecule is C=C(C=O)CCC#N. The smallest absolute Gasteiger partial charge is 0.145 e. The number of rotatable bonds is 3. The molecule has 0 aromatic carbocycles. The second kappa shape index (κ2) is 4.07. The number of aldehydes is 1. The first-order chi connectivity index (χ1) is 3.81. The molecule has 0 bridgehead atoms. The Hall–Kier alpha value is -1.10. The zero-order valence-electron chi connectivity index (χ0n) is 4.55. The number of nitriles is 1. The van der Waals surface area contributed by atoms with E-state index in [2.05, 4.69) is 6.58 Å². The minimum atomic E-state index is 0.386. The molecule has 0 rings (SSSR count). The minimum absolute atomic E-state index is 0.386. The molecule has 8 heavy (non-hydrogen) atoms. The van der Waals surface area contributed by atoms with Crippen molar-refractivity contribution >= 4 is 6.29 Å². The van der Waals surface area contributed by atoms with E-state index in [1.807, 2.05) is 6.07 Å². The third-order valence-electron chi connectivity index (χ3n) is 0.725. The average molecular weight is 109 g/mol. The number of allylic oxidation sites excluding steroid dienone is 1. The highest BCUT2D eigenvalue weighted by atomic mass is 16.1. The zero-order chi connectivity index (χ0) is 6.41. The monoisotopic (exact) mass is 109 g/mol. The van der Waals surface area contributed by atoms with Crippen LogP contribution >= 0.6 is 0 Å². The van der Waals surface area contributed by atoms with Crippen molar-refractivity contribution in [1.29, 1.82) is 5.26 Å². The summed E-state index contributed by atoms with van der Waals surface area (Å²) in [7, 11) is 0. The highest BCUT2D eigenvalue weighted by molar-refractivity contribution is 5.71. The number of hydrogen-bond donors (Lipinski definition) is 0. The Morgan fingerprint density at radius 1 is 1.88 bits per heavy atom. The molecule has 0 unspecified atom stereocenters. The molecule has 0 spiro atoms. The van der Waals surface area contributed by atoms with Gasteiger partial charge in [0.25, 0.3) is 0 Å². The first-order valence-electron chi connectivity index (χ1n) is 2.31. The molecule has 0 saturated heterocycles. The predicted molar refractivity (Wildman–Crippen MR) is 30.1 cm³/mol. The summed E-state index contributed by atoms with van der Waals surface area (Å²) in [5, 5.41) is 8.00. The van der Waals surface area contributed by atoms with E-state index < -0.39 is 0 Å². The lowest BCUT2D eigenvalue weighted by Crippen LogP contribution is -1.79. The van der Waals surface area contributed by atoms with Crippen molar-refractivity contribution < 1.29 is 4.79 Å². The lowest BCUT2D eigenvalue weighted by molar-refractivity contribution is -0.105. The minimum Gasteiger partial charge on any atom is -0.298 e. The van der Waals surface area contributed by atoms with E-state index >= 15 is 0 Å². The summed E-state index contributed by atoms with van der Waals surface area (Å²) >= 11 is 0. The number of nitrogens with zero attached hydrogens (tertiary/aromatic N) is 1. The molecule has 0 aliphatic rings. The van der Waals surface area contributed by atoms with E-state index in [4.69, 9.17) is 5.26 Å². The van der Waals surface area contributed by atoms with Crippen LogP contribution < -0.4 is 0 Å². The van der Waals surface area contributed by atoms with Crippen molar-refractivity contribution in [2.45, 2.75) is 12.8 Å². The predicted octanol–water partition coefficient (Wildman–Crippen LogP) is 1.05. The van der Waals surface area contributed by atoms with Crippen LogP contribution in [0.3, 0.4) is 0 Å². The highest BCUT2D eigenvalue weighted by Gasteiger charge is 1.87. The molecule has 0 fully saturated rings. The Morgan fingerprint density at radius 2 is 2.50 bits per heavy atom. The first kappa shape index (κ1) is 6.90. The third-order valence-corrected chi connectivity index (χ3v) is 0.725. The summed E-state index contributed by atoms with van der Waals surface area (Å²) < 4.78 is 0. The van der Waals surface area contributed by atoms with Gasteiger partial charge in [0.15, 0.2) is 0 Å². The molecular formula is C6H7NO. The van der Waals surface area contributed by atoms with Crippen LogP contribution in [0, 0.1) is 11.3 Å². The molecule has 0 aromatic rings. The van der Waals surface area contributed by atoms with Gasteiger partial charge in [-0.15, -0.1) is 0 Å². The lowest BCUT2D eigenvalue weighted by atomic mass is 10.2. The van der Waals surface area contributed by atoms with Crippen LogP contribution in [0.2, 0.25) is 0 Å². The summed E-state index contributed by atoms with van der Waals surface area (Å²) in [5.41, 5.74) is 0.492. The van der Waals surface area contributed by atoms with Crippen LogP contribution in [0.5, 0.6) is 0 Å². The summed E-state index contributed by atoms with van der Waals surface area (Å²) in [6.07, 6.45) is 1.56. The maximum atomic E-state index is 9.80. The molecule has 0 aliphatic carbocycles. The molecule has 0 heterocycles. The van der Waals surface area contributed by atoms with E-state index in [0.717, 1.165) is 0 Å². The number of carbonyl (C=O) groups excluding carboxylic acids is 1. The molecular weight excluding hydrogens is 102 g/mol. The Balaban J connectivity index is 3.28. The van der Waals surface area contributed by atoms with Gasteiger partial charge in [-0.2, -0.15) is 5.26 Å². The quantitative estimate of drug-likeness (QED) is 0.401. The van der Waals surface area contributed by atoms with E-state index in [1.54, 1.807) is 0 Å².